The molecule has 0 amide bonds. The van der Waals surface area contributed by atoms with Crippen LogP contribution in [0.2, 0.25) is 0 Å². The van der Waals surface area contributed by atoms with Crippen molar-refractivity contribution in [1.82, 2.24) is 0 Å². The van der Waals surface area contributed by atoms with Crippen LogP contribution < -0.4 is 5.90 Å². The van der Waals surface area contributed by atoms with Gasteiger partial charge in [-0.05, 0) is 6.92 Å². The number of hydrogen-bond donors (Lipinski definition) is 1. The van der Waals surface area contributed by atoms with Crippen LogP contribution in [0.5, 0.6) is 0 Å². The van der Waals surface area contributed by atoms with Gasteiger partial charge in [0.1, 0.15) is 0 Å². The van der Waals surface area contributed by atoms with Crippen molar-refractivity contribution in [3.63, 3.8) is 0 Å². The summed E-state index contributed by atoms with van der Waals surface area (Å²) in [6, 6.07) is 0. The Morgan fingerprint density at radius 2 is 2.00 bits per heavy atom. The smallest absolute Gasteiger partial charge is 0.0913 e. The third-order valence-electron chi connectivity index (χ3n) is 0.550. The van der Waals surface area contributed by atoms with Crippen LogP contribution >= 0.6 is 12.4 Å². The Labute approximate surface area is 55.5 Å². The first-order valence-electron chi connectivity index (χ1n) is 2.31. The molecule has 4 heteroatoms. The van der Waals surface area contributed by atoms with Crippen LogP contribution in [0.25, 0.3) is 0 Å². The third-order valence-corrected chi connectivity index (χ3v) is 0.550. The predicted octanol–water partition coefficient (Wildman–Crippen LogP) is 0.335. The van der Waals surface area contributed by atoms with E-state index in [0.717, 1.165) is 6.61 Å². The Balaban J connectivity index is 0. The van der Waals surface area contributed by atoms with E-state index >= 15 is 0 Å². The van der Waals surface area contributed by atoms with Crippen LogP contribution in [0.4, 0.5) is 0 Å². The summed E-state index contributed by atoms with van der Waals surface area (Å²) in [7, 11) is 0. The van der Waals surface area contributed by atoms with Gasteiger partial charge in [0, 0.05) is 6.61 Å². The molecule has 0 aromatic heterocycles. The fourth-order valence-electron chi connectivity index (χ4n) is 0.251. The molecule has 0 radical (unpaired) electrons. The van der Waals surface area contributed by atoms with E-state index in [0.29, 0.717) is 13.2 Å². The van der Waals surface area contributed by atoms with Crippen LogP contribution in [0, 0.1) is 0 Å². The number of ether oxygens (including phenoxy) is 1. The van der Waals surface area contributed by atoms with E-state index in [1.807, 2.05) is 6.92 Å². The number of hydrogen-bond acceptors (Lipinski definition) is 3. The maximum absolute atomic E-state index is 4.87. The van der Waals surface area contributed by atoms with E-state index in [2.05, 4.69) is 10.7 Å². The summed E-state index contributed by atoms with van der Waals surface area (Å²) in [6.45, 7) is 3.72. The normalized spacial score (nSPS) is 8.25. The highest BCUT2D eigenvalue weighted by Gasteiger charge is 1.78. The molecular formula is C4H12ClNO2. The van der Waals surface area contributed by atoms with Crippen LogP contribution in [0.15, 0.2) is 0 Å². The first-order valence-corrected chi connectivity index (χ1v) is 2.31. The third kappa shape index (κ3) is 9.48. The van der Waals surface area contributed by atoms with Crippen molar-refractivity contribution >= 4 is 12.4 Å². The maximum atomic E-state index is 4.87. The van der Waals surface area contributed by atoms with Gasteiger partial charge in [-0.2, -0.15) is 0 Å². The van der Waals surface area contributed by atoms with Crippen molar-refractivity contribution in [2.45, 2.75) is 6.92 Å². The van der Waals surface area contributed by atoms with Crippen molar-refractivity contribution in [3.05, 3.63) is 0 Å². The van der Waals surface area contributed by atoms with Crippen molar-refractivity contribution in [2.24, 2.45) is 5.90 Å². The molecule has 0 aromatic carbocycles. The molecule has 52 valence electrons. The average Bonchev–Trinajstić information content (AvgIpc) is 1.69. The Morgan fingerprint density at radius 1 is 1.38 bits per heavy atom. The molecule has 0 bridgehead atoms. The lowest BCUT2D eigenvalue weighted by atomic mass is 10.7. The quantitative estimate of drug-likeness (QED) is 0.454. The first-order chi connectivity index (χ1) is 3.41. The zero-order chi connectivity index (χ0) is 5.54. The van der Waals surface area contributed by atoms with Crippen LogP contribution in [0.3, 0.4) is 0 Å². The molecule has 0 fully saturated rings. The largest absolute Gasteiger partial charge is 0.379 e. The minimum absolute atomic E-state index is 0. The van der Waals surface area contributed by atoms with Crippen molar-refractivity contribution in [2.75, 3.05) is 19.8 Å². The summed E-state index contributed by atoms with van der Waals surface area (Å²) in [6.07, 6.45) is 0. The highest BCUT2D eigenvalue weighted by atomic mass is 35.5. The molecule has 8 heavy (non-hydrogen) atoms. The number of nitrogens with two attached hydrogens (primary N) is 1. The molecule has 2 N–H and O–H groups in total. The van der Waals surface area contributed by atoms with Gasteiger partial charge >= 0.3 is 0 Å². The highest BCUT2D eigenvalue weighted by molar-refractivity contribution is 5.85. The Kier molecular flexibility index (Phi) is 14.1. The highest BCUT2D eigenvalue weighted by Crippen LogP contribution is 1.69. The molecule has 0 saturated carbocycles. The minimum atomic E-state index is 0. The van der Waals surface area contributed by atoms with E-state index in [1.54, 1.807) is 0 Å². The van der Waals surface area contributed by atoms with Crippen molar-refractivity contribution in [3.8, 4) is 0 Å². The van der Waals surface area contributed by atoms with Crippen molar-refractivity contribution in [1.29, 1.82) is 0 Å². The molecule has 0 atom stereocenters. The van der Waals surface area contributed by atoms with Gasteiger partial charge in [-0.3, -0.25) is 0 Å². The topological polar surface area (TPSA) is 44.5 Å². The van der Waals surface area contributed by atoms with Crippen LogP contribution in [-0.4, -0.2) is 19.8 Å². The second kappa shape index (κ2) is 10.2. The molecule has 0 aliphatic rings. The fourth-order valence-corrected chi connectivity index (χ4v) is 0.251. The van der Waals surface area contributed by atoms with Crippen LogP contribution in [0.1, 0.15) is 6.92 Å². The Bertz CT molecular complexity index is 33.2. The van der Waals surface area contributed by atoms with Gasteiger partial charge in [-0.1, -0.05) is 0 Å². The minimum Gasteiger partial charge on any atom is -0.379 e. The monoisotopic (exact) mass is 141 g/mol. The second-order valence-electron chi connectivity index (χ2n) is 1.07. The van der Waals surface area contributed by atoms with E-state index in [1.165, 1.54) is 0 Å². The fraction of sp³-hybridized carbons (Fsp3) is 1.00. The molecule has 0 aromatic rings. The maximum Gasteiger partial charge on any atom is 0.0913 e. The summed E-state index contributed by atoms with van der Waals surface area (Å²) < 4.78 is 4.87. The van der Waals surface area contributed by atoms with Crippen LogP contribution in [-0.2, 0) is 9.57 Å². The lowest BCUT2D eigenvalue weighted by molar-refractivity contribution is 0.0530. The SMILES string of the molecule is CCOCCON.Cl. The van der Waals surface area contributed by atoms with E-state index in [4.69, 9.17) is 4.74 Å². The number of rotatable bonds is 4. The van der Waals surface area contributed by atoms with Gasteiger partial charge in [-0.25, -0.2) is 5.90 Å². The van der Waals surface area contributed by atoms with Gasteiger partial charge in [0.25, 0.3) is 0 Å². The van der Waals surface area contributed by atoms with E-state index in [-0.39, 0.29) is 12.4 Å². The second-order valence-corrected chi connectivity index (χ2v) is 1.07. The first kappa shape index (κ1) is 11.0. The Hall–Kier alpha value is 0.170. The Morgan fingerprint density at radius 3 is 2.38 bits per heavy atom. The molecule has 0 aliphatic carbocycles. The zero-order valence-corrected chi connectivity index (χ0v) is 5.74. The summed E-state index contributed by atoms with van der Waals surface area (Å²) in [5.41, 5.74) is 0. The van der Waals surface area contributed by atoms with E-state index < -0.39 is 0 Å². The summed E-state index contributed by atoms with van der Waals surface area (Å²) in [4.78, 5) is 4.22. The van der Waals surface area contributed by atoms with Gasteiger partial charge in [0.2, 0.25) is 0 Å². The van der Waals surface area contributed by atoms with E-state index in [9.17, 15) is 0 Å². The summed E-state index contributed by atoms with van der Waals surface area (Å²) in [5, 5.41) is 0. The number of halogens is 1. The standard InChI is InChI=1S/C4H11NO2.ClH/c1-2-6-3-4-7-5;/h2-5H2,1H3;1H. The van der Waals surface area contributed by atoms with Gasteiger partial charge < -0.3 is 9.57 Å². The molecule has 0 aliphatic heterocycles. The van der Waals surface area contributed by atoms with Gasteiger partial charge in [0.05, 0.1) is 13.2 Å². The van der Waals surface area contributed by atoms with Gasteiger partial charge in [-0.15, -0.1) is 12.4 Å². The predicted molar refractivity (Wildman–Crippen MR) is 33.9 cm³/mol. The zero-order valence-electron chi connectivity index (χ0n) is 4.92. The van der Waals surface area contributed by atoms with Gasteiger partial charge in [0.15, 0.2) is 0 Å². The average molecular weight is 142 g/mol. The molecule has 0 unspecified atom stereocenters. The lowest BCUT2D eigenvalue weighted by Gasteiger charge is -1.95. The molecular weight excluding hydrogens is 130 g/mol. The molecule has 0 rings (SSSR count). The molecule has 0 saturated heterocycles. The molecule has 0 heterocycles. The summed E-state index contributed by atoms with van der Waals surface area (Å²) >= 11 is 0. The molecule has 3 nitrogen and oxygen atoms in total. The summed E-state index contributed by atoms with van der Waals surface area (Å²) in [5.74, 6) is 4.69. The molecule has 0 spiro atoms. The van der Waals surface area contributed by atoms with Crippen molar-refractivity contribution < 1.29 is 9.57 Å². The lowest BCUT2D eigenvalue weighted by Crippen LogP contribution is -2.07.